The van der Waals surface area contributed by atoms with E-state index in [1.165, 1.54) is 0 Å². The number of imidazole rings is 1. The summed E-state index contributed by atoms with van der Waals surface area (Å²) >= 11 is 0. The van der Waals surface area contributed by atoms with Crippen molar-refractivity contribution in [3.8, 4) is 17.0 Å². The van der Waals surface area contributed by atoms with Crippen LogP contribution in [0.4, 0.5) is 5.82 Å². The number of fused-ring (bicyclic) bond motifs is 1. The minimum absolute atomic E-state index is 0.299. The van der Waals surface area contributed by atoms with Crippen LogP contribution in [0.15, 0.2) is 47.8 Å². The molecule has 5 heteroatoms. The molecule has 0 saturated carbocycles. The molecule has 0 fully saturated rings. The van der Waals surface area contributed by atoms with Gasteiger partial charge in [0.05, 0.1) is 7.11 Å². The van der Waals surface area contributed by atoms with Crippen molar-refractivity contribution in [2.75, 3.05) is 7.11 Å². The van der Waals surface area contributed by atoms with Crippen molar-refractivity contribution in [2.24, 2.45) is 5.18 Å². The summed E-state index contributed by atoms with van der Waals surface area (Å²) in [6, 6.07) is 11.3. The van der Waals surface area contributed by atoms with E-state index in [1.807, 2.05) is 43.3 Å². The van der Waals surface area contributed by atoms with E-state index in [0.717, 1.165) is 11.1 Å². The summed E-state index contributed by atoms with van der Waals surface area (Å²) < 4.78 is 6.89. The number of aryl methyl sites for hydroxylation is 1. The molecule has 0 aliphatic carbocycles. The Morgan fingerprint density at radius 2 is 2.10 bits per heavy atom. The van der Waals surface area contributed by atoms with E-state index < -0.39 is 0 Å². The monoisotopic (exact) mass is 267 g/mol. The van der Waals surface area contributed by atoms with Crippen LogP contribution in [0.2, 0.25) is 0 Å². The summed E-state index contributed by atoms with van der Waals surface area (Å²) in [5.41, 5.74) is 3.15. The van der Waals surface area contributed by atoms with Gasteiger partial charge in [0.2, 0.25) is 5.82 Å². The highest BCUT2D eigenvalue weighted by molar-refractivity contribution is 5.75. The van der Waals surface area contributed by atoms with Gasteiger partial charge in [-0.2, -0.15) is 0 Å². The summed E-state index contributed by atoms with van der Waals surface area (Å²) in [4.78, 5) is 15.7. The average molecular weight is 267 g/mol. The SMILES string of the molecule is COc1cccc(-c2nc3cc(C)ccn3c2N=O)c1. The topological polar surface area (TPSA) is 56.0 Å². The molecule has 0 saturated heterocycles. The van der Waals surface area contributed by atoms with E-state index in [2.05, 4.69) is 10.2 Å². The Balaban J connectivity index is 2.26. The summed E-state index contributed by atoms with van der Waals surface area (Å²) in [5.74, 6) is 1.01. The van der Waals surface area contributed by atoms with Crippen molar-refractivity contribution in [3.63, 3.8) is 0 Å². The van der Waals surface area contributed by atoms with Crippen molar-refractivity contribution in [1.29, 1.82) is 0 Å². The van der Waals surface area contributed by atoms with Gasteiger partial charge in [0, 0.05) is 11.8 Å². The molecule has 0 aliphatic rings. The van der Waals surface area contributed by atoms with E-state index >= 15 is 0 Å². The predicted molar refractivity (Wildman–Crippen MR) is 77.4 cm³/mol. The van der Waals surface area contributed by atoms with E-state index in [9.17, 15) is 4.91 Å². The van der Waals surface area contributed by atoms with E-state index in [4.69, 9.17) is 4.74 Å². The highest BCUT2D eigenvalue weighted by Crippen LogP contribution is 2.32. The molecule has 0 aliphatic heterocycles. The Bertz CT molecular complexity index is 793. The zero-order valence-electron chi connectivity index (χ0n) is 11.2. The molecule has 100 valence electrons. The molecule has 0 bridgehead atoms. The van der Waals surface area contributed by atoms with Gasteiger partial charge in [-0.3, -0.25) is 4.40 Å². The van der Waals surface area contributed by atoms with Crippen LogP contribution in [0, 0.1) is 11.8 Å². The van der Waals surface area contributed by atoms with Crippen LogP contribution in [0.1, 0.15) is 5.56 Å². The predicted octanol–water partition coefficient (Wildman–Crippen LogP) is 3.72. The van der Waals surface area contributed by atoms with Crippen LogP contribution in [0.3, 0.4) is 0 Å². The molecule has 3 rings (SSSR count). The molecule has 0 unspecified atom stereocenters. The van der Waals surface area contributed by atoms with Gasteiger partial charge in [-0.1, -0.05) is 12.1 Å². The first kappa shape index (κ1) is 12.3. The van der Waals surface area contributed by atoms with Gasteiger partial charge in [-0.05, 0) is 41.9 Å². The zero-order valence-corrected chi connectivity index (χ0v) is 11.2. The third kappa shape index (κ3) is 1.93. The number of rotatable bonds is 3. The first-order valence-electron chi connectivity index (χ1n) is 6.19. The lowest BCUT2D eigenvalue weighted by Gasteiger charge is -2.02. The van der Waals surface area contributed by atoms with Gasteiger partial charge in [-0.15, -0.1) is 4.91 Å². The molecule has 5 nitrogen and oxygen atoms in total. The first-order chi connectivity index (χ1) is 9.72. The molecule has 0 amide bonds. The van der Waals surface area contributed by atoms with Crippen LogP contribution < -0.4 is 4.74 Å². The van der Waals surface area contributed by atoms with Gasteiger partial charge in [0.1, 0.15) is 17.1 Å². The largest absolute Gasteiger partial charge is 0.497 e. The number of pyridine rings is 1. The van der Waals surface area contributed by atoms with Gasteiger partial charge in [0.25, 0.3) is 0 Å². The summed E-state index contributed by atoms with van der Waals surface area (Å²) in [7, 11) is 1.60. The first-order valence-corrected chi connectivity index (χ1v) is 6.19. The van der Waals surface area contributed by atoms with Crippen LogP contribution in [0.25, 0.3) is 16.9 Å². The van der Waals surface area contributed by atoms with E-state index in [1.54, 1.807) is 17.7 Å². The van der Waals surface area contributed by atoms with Crippen molar-refractivity contribution < 1.29 is 4.74 Å². The van der Waals surface area contributed by atoms with Crippen molar-refractivity contribution in [3.05, 3.63) is 53.1 Å². The standard InChI is InChI=1S/C15H13N3O2/c1-10-6-7-18-13(8-10)16-14(15(18)17-19)11-4-3-5-12(9-11)20-2/h3-9H,1-2H3. The third-order valence-electron chi connectivity index (χ3n) is 3.19. The fraction of sp³-hybridized carbons (Fsp3) is 0.133. The maximum atomic E-state index is 11.2. The molecule has 0 atom stereocenters. The maximum Gasteiger partial charge on any atom is 0.209 e. The molecular formula is C15H13N3O2. The molecule has 1 aromatic carbocycles. The number of nitrogens with zero attached hydrogens (tertiary/aromatic N) is 3. The number of hydrogen-bond donors (Lipinski definition) is 0. The second kappa shape index (κ2) is 4.77. The number of benzene rings is 1. The maximum absolute atomic E-state index is 11.2. The third-order valence-corrected chi connectivity index (χ3v) is 3.19. The van der Waals surface area contributed by atoms with Crippen molar-refractivity contribution in [1.82, 2.24) is 9.38 Å². The van der Waals surface area contributed by atoms with Crippen molar-refractivity contribution in [2.45, 2.75) is 6.92 Å². The van der Waals surface area contributed by atoms with Crippen LogP contribution in [0.5, 0.6) is 5.75 Å². The summed E-state index contributed by atoms with van der Waals surface area (Å²) in [5, 5.41) is 3.13. The molecule has 2 heterocycles. The van der Waals surface area contributed by atoms with E-state index in [0.29, 0.717) is 22.9 Å². The number of nitroso groups, excluding NO2 is 1. The molecule has 20 heavy (non-hydrogen) atoms. The lowest BCUT2D eigenvalue weighted by Crippen LogP contribution is -1.84. The van der Waals surface area contributed by atoms with E-state index in [-0.39, 0.29) is 0 Å². The second-order valence-corrected chi connectivity index (χ2v) is 4.54. The Kier molecular flexibility index (Phi) is 2.95. The van der Waals surface area contributed by atoms with Crippen LogP contribution in [-0.4, -0.2) is 16.5 Å². The van der Waals surface area contributed by atoms with Gasteiger partial charge in [0.15, 0.2) is 0 Å². The normalized spacial score (nSPS) is 10.7. The molecule has 2 aromatic heterocycles. The van der Waals surface area contributed by atoms with Gasteiger partial charge < -0.3 is 4.74 Å². The fourth-order valence-electron chi connectivity index (χ4n) is 2.18. The Morgan fingerprint density at radius 1 is 1.25 bits per heavy atom. The van der Waals surface area contributed by atoms with Gasteiger partial charge >= 0.3 is 0 Å². The summed E-state index contributed by atoms with van der Waals surface area (Å²) in [6.07, 6.45) is 1.80. The molecular weight excluding hydrogens is 254 g/mol. The Hall–Kier alpha value is -2.69. The number of methoxy groups -OCH3 is 1. The lowest BCUT2D eigenvalue weighted by atomic mass is 10.1. The molecule has 0 N–H and O–H groups in total. The van der Waals surface area contributed by atoms with Gasteiger partial charge in [-0.25, -0.2) is 4.98 Å². The molecule has 0 spiro atoms. The minimum Gasteiger partial charge on any atom is -0.497 e. The van der Waals surface area contributed by atoms with Crippen LogP contribution in [-0.2, 0) is 0 Å². The number of aromatic nitrogens is 2. The lowest BCUT2D eigenvalue weighted by molar-refractivity contribution is 0.415. The minimum atomic E-state index is 0.299. The zero-order chi connectivity index (χ0) is 14.1. The second-order valence-electron chi connectivity index (χ2n) is 4.54. The Labute approximate surface area is 115 Å². The summed E-state index contributed by atoms with van der Waals surface area (Å²) in [6.45, 7) is 1.98. The molecule has 3 aromatic rings. The average Bonchev–Trinajstić information content (AvgIpc) is 2.84. The Morgan fingerprint density at radius 3 is 2.85 bits per heavy atom. The van der Waals surface area contributed by atoms with Crippen LogP contribution >= 0.6 is 0 Å². The number of ether oxygens (including phenoxy) is 1. The van der Waals surface area contributed by atoms with Crippen molar-refractivity contribution >= 4 is 11.5 Å². The smallest absolute Gasteiger partial charge is 0.209 e. The highest BCUT2D eigenvalue weighted by atomic mass is 16.5. The molecule has 0 radical (unpaired) electrons. The quantitative estimate of drug-likeness (QED) is 0.679. The number of hydrogen-bond acceptors (Lipinski definition) is 4. The fourth-order valence-corrected chi connectivity index (χ4v) is 2.18. The highest BCUT2D eigenvalue weighted by Gasteiger charge is 2.15.